The van der Waals surface area contributed by atoms with Gasteiger partial charge in [-0.2, -0.15) is 13.2 Å². The molecule has 0 unspecified atom stereocenters. The number of anilines is 3. The van der Waals surface area contributed by atoms with Crippen LogP contribution >= 0.6 is 15.9 Å². The Labute approximate surface area is 200 Å². The summed E-state index contributed by atoms with van der Waals surface area (Å²) in [5.74, 6) is -1.21. The van der Waals surface area contributed by atoms with Crippen molar-refractivity contribution in [2.75, 3.05) is 23.3 Å². The number of alkyl halides is 3. The molecule has 0 aliphatic carbocycles. The molecule has 0 aromatic heterocycles. The van der Waals surface area contributed by atoms with Crippen LogP contribution in [-0.4, -0.2) is 31.0 Å². The minimum Gasteiger partial charge on any atom is -0.444 e. The molecular formula is C24H29BrF3N3O2. The molecule has 0 spiro atoms. The summed E-state index contributed by atoms with van der Waals surface area (Å²) in [4.78, 5) is 13.8. The van der Waals surface area contributed by atoms with E-state index < -0.39 is 23.8 Å². The molecule has 1 heterocycles. The number of amides is 1. The van der Waals surface area contributed by atoms with E-state index >= 15 is 0 Å². The normalized spacial score (nSPS) is 15.3. The highest BCUT2D eigenvalue weighted by atomic mass is 79.9. The number of alkyl carbamates (subject to hydrolysis) is 1. The summed E-state index contributed by atoms with van der Waals surface area (Å²) in [7, 11) is 0. The van der Waals surface area contributed by atoms with Gasteiger partial charge in [-0.3, -0.25) is 0 Å². The molecule has 9 heteroatoms. The van der Waals surface area contributed by atoms with E-state index in [9.17, 15) is 18.0 Å². The molecule has 0 radical (unpaired) electrons. The summed E-state index contributed by atoms with van der Waals surface area (Å²) < 4.78 is 44.8. The third kappa shape index (κ3) is 7.55. The van der Waals surface area contributed by atoms with Crippen molar-refractivity contribution in [3.8, 4) is 0 Å². The van der Waals surface area contributed by atoms with E-state index in [-0.39, 0.29) is 12.8 Å². The SMILES string of the molecule is CC(C)(C)OC(=O)NCc1ccc(Nc2ccc(N3CCC(C(F)(F)F)CC3)c(Br)c2)cc1. The van der Waals surface area contributed by atoms with Gasteiger partial charge in [0.2, 0.25) is 0 Å². The molecule has 2 N–H and O–H groups in total. The quantitative estimate of drug-likeness (QED) is 0.439. The van der Waals surface area contributed by atoms with Crippen molar-refractivity contribution in [1.29, 1.82) is 0 Å². The number of nitrogens with one attached hydrogen (secondary N) is 2. The molecule has 0 atom stereocenters. The second-order valence-corrected chi connectivity index (χ2v) is 10.0. The maximum Gasteiger partial charge on any atom is 0.407 e. The van der Waals surface area contributed by atoms with Crippen LogP contribution in [-0.2, 0) is 11.3 Å². The van der Waals surface area contributed by atoms with Crippen LogP contribution in [0.4, 0.5) is 35.0 Å². The number of carbonyl (C=O) groups excluding carboxylic acids is 1. The van der Waals surface area contributed by atoms with Crippen molar-refractivity contribution >= 4 is 39.1 Å². The molecular weight excluding hydrogens is 499 g/mol. The van der Waals surface area contributed by atoms with Gasteiger partial charge in [-0.1, -0.05) is 12.1 Å². The fourth-order valence-corrected chi connectivity index (χ4v) is 4.28. The van der Waals surface area contributed by atoms with Crippen LogP contribution in [0.25, 0.3) is 0 Å². The Kier molecular flexibility index (Phi) is 7.82. The Morgan fingerprint density at radius 1 is 1.06 bits per heavy atom. The Hall–Kier alpha value is -2.42. The predicted molar refractivity (Wildman–Crippen MR) is 128 cm³/mol. The van der Waals surface area contributed by atoms with E-state index in [2.05, 4.69) is 26.6 Å². The van der Waals surface area contributed by atoms with E-state index in [1.807, 2.05) is 68.1 Å². The number of carbonyl (C=O) groups is 1. The number of rotatable bonds is 5. The Bertz CT molecular complexity index is 951. The summed E-state index contributed by atoms with van der Waals surface area (Å²) in [6, 6.07) is 13.4. The van der Waals surface area contributed by atoms with E-state index in [4.69, 9.17) is 4.74 Å². The molecule has 1 amide bonds. The maximum atomic E-state index is 12.9. The maximum absolute atomic E-state index is 12.9. The largest absolute Gasteiger partial charge is 0.444 e. The lowest BCUT2D eigenvalue weighted by molar-refractivity contribution is -0.179. The lowest BCUT2D eigenvalue weighted by atomic mass is 9.96. The highest BCUT2D eigenvalue weighted by Gasteiger charge is 2.41. The summed E-state index contributed by atoms with van der Waals surface area (Å²) in [6.07, 6.45) is -4.34. The van der Waals surface area contributed by atoms with Crippen LogP contribution in [0.1, 0.15) is 39.2 Å². The standard InChI is InChI=1S/C24H29BrF3N3O2/c1-23(2,3)33-22(32)29-15-16-4-6-18(7-5-16)30-19-8-9-21(20(25)14-19)31-12-10-17(11-13-31)24(26,27)28/h4-9,14,17,30H,10-13,15H2,1-3H3,(H,29,32). The molecule has 0 saturated carbocycles. The molecule has 1 aliphatic heterocycles. The zero-order chi connectivity index (χ0) is 24.2. The number of ether oxygens (including phenoxy) is 1. The molecule has 1 fully saturated rings. The number of piperidine rings is 1. The average Bonchev–Trinajstić information content (AvgIpc) is 2.72. The summed E-state index contributed by atoms with van der Waals surface area (Å²) >= 11 is 3.56. The van der Waals surface area contributed by atoms with Crippen molar-refractivity contribution in [2.24, 2.45) is 5.92 Å². The van der Waals surface area contributed by atoms with Crippen LogP contribution in [0.15, 0.2) is 46.9 Å². The van der Waals surface area contributed by atoms with Crippen LogP contribution in [0.5, 0.6) is 0 Å². The van der Waals surface area contributed by atoms with E-state index in [1.165, 1.54) is 0 Å². The third-order valence-corrected chi connectivity index (χ3v) is 5.96. The van der Waals surface area contributed by atoms with Gasteiger partial charge in [0.1, 0.15) is 5.60 Å². The predicted octanol–water partition coefficient (Wildman–Crippen LogP) is 7.00. The van der Waals surface area contributed by atoms with Gasteiger partial charge in [0.05, 0.1) is 11.6 Å². The van der Waals surface area contributed by atoms with Gasteiger partial charge in [-0.05, 0) is 85.4 Å². The monoisotopic (exact) mass is 527 g/mol. The van der Waals surface area contributed by atoms with Gasteiger partial charge in [0.15, 0.2) is 0 Å². The molecule has 3 rings (SSSR count). The van der Waals surface area contributed by atoms with E-state index in [1.54, 1.807) is 0 Å². The molecule has 2 aromatic carbocycles. The molecule has 1 aliphatic rings. The number of nitrogens with zero attached hydrogens (tertiary/aromatic N) is 1. The van der Waals surface area contributed by atoms with E-state index in [0.717, 1.165) is 27.1 Å². The Balaban J connectivity index is 1.54. The number of hydrogen-bond acceptors (Lipinski definition) is 4. The van der Waals surface area contributed by atoms with Crippen LogP contribution < -0.4 is 15.5 Å². The van der Waals surface area contributed by atoms with E-state index in [0.29, 0.717) is 19.6 Å². The average molecular weight is 528 g/mol. The zero-order valence-corrected chi connectivity index (χ0v) is 20.5. The van der Waals surface area contributed by atoms with Crippen molar-refractivity contribution in [3.63, 3.8) is 0 Å². The van der Waals surface area contributed by atoms with Crippen molar-refractivity contribution in [3.05, 3.63) is 52.5 Å². The fourth-order valence-electron chi connectivity index (χ4n) is 3.65. The molecule has 0 bridgehead atoms. The topological polar surface area (TPSA) is 53.6 Å². The van der Waals surface area contributed by atoms with Gasteiger partial charge in [0, 0.05) is 35.5 Å². The third-order valence-electron chi connectivity index (χ3n) is 5.32. The summed E-state index contributed by atoms with van der Waals surface area (Å²) in [5.41, 5.74) is 3.02. The lowest BCUT2D eigenvalue weighted by Gasteiger charge is -2.35. The molecule has 2 aromatic rings. The van der Waals surface area contributed by atoms with Crippen LogP contribution in [0.2, 0.25) is 0 Å². The summed E-state index contributed by atoms with van der Waals surface area (Å²) in [6.45, 7) is 6.57. The van der Waals surface area contributed by atoms with Crippen molar-refractivity contribution in [1.82, 2.24) is 5.32 Å². The van der Waals surface area contributed by atoms with Gasteiger partial charge in [-0.25, -0.2) is 4.79 Å². The summed E-state index contributed by atoms with van der Waals surface area (Å²) in [5, 5.41) is 6.04. The fraction of sp³-hybridized carbons (Fsp3) is 0.458. The van der Waals surface area contributed by atoms with Crippen molar-refractivity contribution < 1.29 is 22.7 Å². The van der Waals surface area contributed by atoms with Crippen LogP contribution in [0.3, 0.4) is 0 Å². The van der Waals surface area contributed by atoms with Crippen molar-refractivity contribution in [2.45, 2.75) is 51.9 Å². The number of halogens is 4. The second kappa shape index (κ2) is 10.2. The van der Waals surface area contributed by atoms with Gasteiger partial charge >= 0.3 is 12.3 Å². The Morgan fingerprint density at radius 3 is 2.21 bits per heavy atom. The first-order valence-electron chi connectivity index (χ1n) is 10.8. The minimum absolute atomic E-state index is 0.116. The first kappa shape index (κ1) is 25.2. The van der Waals surface area contributed by atoms with Gasteiger partial charge < -0.3 is 20.3 Å². The smallest absolute Gasteiger partial charge is 0.407 e. The van der Waals surface area contributed by atoms with Gasteiger partial charge in [0.25, 0.3) is 0 Å². The first-order valence-corrected chi connectivity index (χ1v) is 11.6. The Morgan fingerprint density at radius 2 is 1.67 bits per heavy atom. The highest BCUT2D eigenvalue weighted by molar-refractivity contribution is 9.10. The lowest BCUT2D eigenvalue weighted by Crippen LogP contribution is -2.39. The molecule has 33 heavy (non-hydrogen) atoms. The molecule has 1 saturated heterocycles. The number of benzene rings is 2. The second-order valence-electron chi connectivity index (χ2n) is 9.15. The highest BCUT2D eigenvalue weighted by Crippen LogP contribution is 2.38. The number of hydrogen-bond donors (Lipinski definition) is 2. The van der Waals surface area contributed by atoms with Crippen LogP contribution in [0, 0.1) is 5.92 Å². The van der Waals surface area contributed by atoms with Gasteiger partial charge in [-0.15, -0.1) is 0 Å². The zero-order valence-electron chi connectivity index (χ0n) is 18.9. The molecule has 5 nitrogen and oxygen atoms in total. The first-order chi connectivity index (χ1) is 15.4. The minimum atomic E-state index is -4.11. The molecule has 180 valence electrons.